The largest absolute Gasteiger partial charge is 0.477 e. The number of carbonyl (C=O) groups is 1. The second-order valence-electron chi connectivity index (χ2n) is 8.80. The van der Waals surface area contributed by atoms with Crippen molar-refractivity contribution in [1.29, 1.82) is 0 Å². The van der Waals surface area contributed by atoms with Crippen LogP contribution in [0.15, 0.2) is 29.3 Å². The first kappa shape index (κ1) is 25.2. The van der Waals surface area contributed by atoms with Crippen molar-refractivity contribution in [2.45, 2.75) is 65.3 Å². The fourth-order valence-corrected chi connectivity index (χ4v) is 6.31. The van der Waals surface area contributed by atoms with Crippen LogP contribution in [0.3, 0.4) is 0 Å². The Labute approximate surface area is 197 Å². The molecule has 0 unspecified atom stereocenters. The molecule has 8 heteroatoms. The van der Waals surface area contributed by atoms with Crippen molar-refractivity contribution in [2.75, 3.05) is 19.7 Å². The van der Waals surface area contributed by atoms with Crippen LogP contribution in [0, 0.1) is 33.6 Å². The minimum Gasteiger partial charge on any atom is -0.477 e. The van der Waals surface area contributed by atoms with Crippen LogP contribution in [0.4, 0.5) is 0 Å². The third-order valence-corrected chi connectivity index (χ3v) is 8.64. The van der Waals surface area contributed by atoms with Gasteiger partial charge < -0.3 is 10.1 Å². The maximum Gasteiger partial charge on any atom is 0.243 e. The Morgan fingerprint density at radius 1 is 1.15 bits per heavy atom. The lowest BCUT2D eigenvalue weighted by Gasteiger charge is -2.32. The molecule has 2 aromatic rings. The highest BCUT2D eigenvalue weighted by molar-refractivity contribution is 7.89. The number of hydrogen-bond acceptors (Lipinski definition) is 5. The molecule has 0 atom stereocenters. The zero-order valence-corrected chi connectivity index (χ0v) is 21.1. The van der Waals surface area contributed by atoms with Gasteiger partial charge in [0.1, 0.15) is 0 Å². The molecule has 3 rings (SSSR count). The minimum atomic E-state index is -3.61. The van der Waals surface area contributed by atoms with Gasteiger partial charge in [0.25, 0.3) is 0 Å². The van der Waals surface area contributed by atoms with E-state index in [-0.39, 0.29) is 11.8 Å². The molecule has 1 fully saturated rings. The quantitative estimate of drug-likeness (QED) is 0.630. The van der Waals surface area contributed by atoms with Crippen LogP contribution in [0.2, 0.25) is 0 Å². The number of nitrogens with one attached hydrogen (secondary N) is 1. The minimum absolute atomic E-state index is 0.0592. The van der Waals surface area contributed by atoms with Gasteiger partial charge >= 0.3 is 0 Å². The number of amides is 1. The molecule has 1 amide bonds. The number of pyridine rings is 1. The maximum atomic E-state index is 13.4. The molecule has 0 aliphatic carbocycles. The van der Waals surface area contributed by atoms with Gasteiger partial charge in [-0.15, -0.1) is 0 Å². The molecule has 0 bridgehead atoms. The SMILES string of the molecule is CCCOc1ncccc1CNC(=O)C1CCN(S(=O)(=O)c2c(C)c(C)cc(C)c2C)CC1. The molecular weight excluding hydrogens is 438 g/mol. The van der Waals surface area contributed by atoms with E-state index in [1.54, 1.807) is 6.20 Å². The van der Waals surface area contributed by atoms with Crippen LogP contribution in [-0.4, -0.2) is 43.3 Å². The van der Waals surface area contributed by atoms with Crippen molar-refractivity contribution in [3.63, 3.8) is 0 Å². The summed E-state index contributed by atoms with van der Waals surface area (Å²) >= 11 is 0. The number of benzene rings is 1. The number of piperidine rings is 1. The monoisotopic (exact) mass is 473 g/mol. The summed E-state index contributed by atoms with van der Waals surface area (Å²) in [6, 6.07) is 5.74. The molecule has 1 saturated heterocycles. The van der Waals surface area contributed by atoms with Crippen LogP contribution in [0.1, 0.15) is 54.0 Å². The molecule has 1 aliphatic heterocycles. The summed E-state index contributed by atoms with van der Waals surface area (Å²) in [5, 5.41) is 2.98. The summed E-state index contributed by atoms with van der Waals surface area (Å²) < 4.78 is 34.1. The number of sulfonamides is 1. The van der Waals surface area contributed by atoms with E-state index in [1.807, 2.05) is 52.8 Å². The molecule has 0 spiro atoms. The van der Waals surface area contributed by atoms with Crippen molar-refractivity contribution in [1.82, 2.24) is 14.6 Å². The Hall–Kier alpha value is -2.45. The van der Waals surface area contributed by atoms with Crippen LogP contribution < -0.4 is 10.1 Å². The molecule has 1 aromatic heterocycles. The highest BCUT2D eigenvalue weighted by Gasteiger charge is 2.34. The lowest BCUT2D eigenvalue weighted by Crippen LogP contribution is -2.43. The van der Waals surface area contributed by atoms with Crippen LogP contribution in [0.25, 0.3) is 0 Å². The van der Waals surface area contributed by atoms with Gasteiger partial charge in [0.15, 0.2) is 0 Å². The number of hydrogen-bond donors (Lipinski definition) is 1. The van der Waals surface area contributed by atoms with E-state index in [0.29, 0.717) is 49.9 Å². The fraction of sp³-hybridized carbons (Fsp3) is 0.520. The molecule has 33 heavy (non-hydrogen) atoms. The predicted octanol–water partition coefficient (Wildman–Crippen LogP) is 3.82. The van der Waals surface area contributed by atoms with Crippen molar-refractivity contribution < 1.29 is 17.9 Å². The summed E-state index contributed by atoms with van der Waals surface area (Å²) in [6.45, 7) is 11.2. The second-order valence-corrected chi connectivity index (χ2v) is 10.7. The third kappa shape index (κ3) is 5.55. The number of ether oxygens (including phenoxy) is 1. The first-order valence-corrected chi connectivity index (χ1v) is 13.0. The van der Waals surface area contributed by atoms with Gasteiger partial charge in [-0.3, -0.25) is 4.79 Å². The summed E-state index contributed by atoms with van der Waals surface area (Å²) in [5.41, 5.74) is 4.39. The van der Waals surface area contributed by atoms with E-state index in [9.17, 15) is 13.2 Å². The smallest absolute Gasteiger partial charge is 0.243 e. The van der Waals surface area contributed by atoms with E-state index in [2.05, 4.69) is 10.3 Å². The number of carbonyl (C=O) groups excluding carboxylic acids is 1. The molecule has 1 N–H and O–H groups in total. The molecule has 7 nitrogen and oxygen atoms in total. The molecule has 2 heterocycles. The zero-order chi connectivity index (χ0) is 24.2. The zero-order valence-electron chi connectivity index (χ0n) is 20.3. The predicted molar refractivity (Wildman–Crippen MR) is 129 cm³/mol. The summed E-state index contributed by atoms with van der Waals surface area (Å²) in [7, 11) is -3.61. The lowest BCUT2D eigenvalue weighted by molar-refractivity contribution is -0.126. The number of rotatable bonds is 8. The Morgan fingerprint density at radius 3 is 2.39 bits per heavy atom. The van der Waals surface area contributed by atoms with Gasteiger partial charge in [-0.1, -0.05) is 19.1 Å². The summed E-state index contributed by atoms with van der Waals surface area (Å²) in [4.78, 5) is 17.4. The standard InChI is InChI=1S/C25H35N3O4S/c1-6-14-32-25-22(8-7-11-26-25)16-27-24(29)21-9-12-28(13-10-21)33(30,31)23-19(4)17(2)15-18(3)20(23)5/h7-8,11,15,21H,6,9-10,12-14,16H2,1-5H3,(H,27,29). The van der Waals surface area contributed by atoms with Crippen LogP contribution in [-0.2, 0) is 21.4 Å². The van der Waals surface area contributed by atoms with Crippen molar-refractivity contribution in [2.24, 2.45) is 5.92 Å². The van der Waals surface area contributed by atoms with Crippen LogP contribution in [0.5, 0.6) is 5.88 Å². The highest BCUT2D eigenvalue weighted by Crippen LogP contribution is 2.31. The normalized spacial score (nSPS) is 15.4. The van der Waals surface area contributed by atoms with Crippen molar-refractivity contribution in [3.8, 4) is 5.88 Å². The third-order valence-electron chi connectivity index (χ3n) is 6.47. The molecule has 0 saturated carbocycles. The molecule has 1 aliphatic rings. The lowest BCUT2D eigenvalue weighted by atomic mass is 9.97. The Kier molecular flexibility index (Phi) is 8.13. The van der Waals surface area contributed by atoms with Crippen LogP contribution >= 0.6 is 0 Å². The van der Waals surface area contributed by atoms with Gasteiger partial charge in [0, 0.05) is 37.3 Å². The highest BCUT2D eigenvalue weighted by atomic mass is 32.2. The Bertz CT molecular complexity index is 1080. The number of nitrogens with zero attached hydrogens (tertiary/aromatic N) is 2. The second kappa shape index (κ2) is 10.7. The van der Waals surface area contributed by atoms with Gasteiger partial charge in [-0.2, -0.15) is 4.31 Å². The van der Waals surface area contributed by atoms with Gasteiger partial charge in [-0.25, -0.2) is 13.4 Å². The molecular formula is C25H35N3O4S. The number of aromatic nitrogens is 1. The van der Waals surface area contributed by atoms with Gasteiger partial charge in [-0.05, 0) is 75.3 Å². The first-order valence-electron chi connectivity index (χ1n) is 11.6. The molecule has 180 valence electrons. The van der Waals surface area contributed by atoms with Crippen molar-refractivity contribution >= 4 is 15.9 Å². The van der Waals surface area contributed by atoms with Gasteiger partial charge in [0.2, 0.25) is 21.8 Å². The van der Waals surface area contributed by atoms with E-state index in [0.717, 1.165) is 34.2 Å². The molecule has 0 radical (unpaired) electrons. The summed E-state index contributed by atoms with van der Waals surface area (Å²) in [5.74, 6) is 0.269. The van der Waals surface area contributed by atoms with Crippen molar-refractivity contribution in [3.05, 3.63) is 52.2 Å². The maximum absolute atomic E-state index is 13.4. The first-order chi connectivity index (χ1) is 15.7. The fourth-order valence-electron chi connectivity index (χ4n) is 4.27. The average molecular weight is 474 g/mol. The van der Waals surface area contributed by atoms with E-state index in [1.165, 1.54) is 4.31 Å². The van der Waals surface area contributed by atoms with E-state index < -0.39 is 10.0 Å². The molecule has 1 aromatic carbocycles. The van der Waals surface area contributed by atoms with E-state index in [4.69, 9.17) is 4.74 Å². The number of aryl methyl sites for hydroxylation is 2. The average Bonchev–Trinajstić information content (AvgIpc) is 2.80. The topological polar surface area (TPSA) is 88.6 Å². The Balaban J connectivity index is 1.63. The Morgan fingerprint density at radius 2 is 1.79 bits per heavy atom. The van der Waals surface area contributed by atoms with E-state index >= 15 is 0 Å². The van der Waals surface area contributed by atoms with Gasteiger partial charge in [0.05, 0.1) is 11.5 Å². The summed E-state index contributed by atoms with van der Waals surface area (Å²) in [6.07, 6.45) is 3.55.